The molecule has 2 aliphatic rings. The number of likely N-dealkylation sites (N-methyl/N-ethyl adjacent to an activating group) is 2. The predicted molar refractivity (Wildman–Crippen MR) is 114 cm³/mol. The van der Waals surface area contributed by atoms with Gasteiger partial charge in [-0.3, -0.25) is 19.4 Å². The summed E-state index contributed by atoms with van der Waals surface area (Å²) in [6.07, 6.45) is 5.27. The molecule has 0 radical (unpaired) electrons. The fraction of sp³-hybridized carbons (Fsp3) is 0.476. The van der Waals surface area contributed by atoms with Crippen LogP contribution in [-0.2, 0) is 9.59 Å². The molecule has 0 aliphatic carbocycles. The highest BCUT2D eigenvalue weighted by Crippen LogP contribution is 2.30. The second-order valence-corrected chi connectivity index (χ2v) is 7.28. The van der Waals surface area contributed by atoms with Crippen LogP contribution in [0.4, 0.5) is 5.69 Å². The minimum absolute atomic E-state index is 0.112. The van der Waals surface area contributed by atoms with Gasteiger partial charge in [-0.2, -0.15) is 0 Å². The van der Waals surface area contributed by atoms with Crippen molar-refractivity contribution in [1.29, 1.82) is 0 Å². The molecule has 1 aromatic rings. The van der Waals surface area contributed by atoms with Crippen molar-refractivity contribution in [2.45, 2.75) is 33.1 Å². The van der Waals surface area contributed by atoms with Crippen molar-refractivity contribution >= 4 is 40.9 Å². The van der Waals surface area contributed by atoms with Gasteiger partial charge in [0.2, 0.25) is 0 Å². The molecule has 3 rings (SSSR count). The molecule has 0 atom stereocenters. The Labute approximate surface area is 171 Å². The SMILES string of the molecule is CCN1C(=O)C(=Cc2ccc(N3CCCCC3)cc2OC)C(=O)N(CC)C1=S. The Hall–Kier alpha value is -2.41. The number of amides is 2. The lowest BCUT2D eigenvalue weighted by Crippen LogP contribution is -2.55. The second kappa shape index (κ2) is 8.73. The summed E-state index contributed by atoms with van der Waals surface area (Å²) in [5, 5.41) is 0.268. The molecule has 2 saturated heterocycles. The molecule has 150 valence electrons. The van der Waals surface area contributed by atoms with Gasteiger partial charge in [0, 0.05) is 43.5 Å². The summed E-state index contributed by atoms with van der Waals surface area (Å²) in [6, 6.07) is 5.92. The lowest BCUT2D eigenvalue weighted by atomic mass is 10.0. The van der Waals surface area contributed by atoms with Gasteiger partial charge >= 0.3 is 0 Å². The van der Waals surface area contributed by atoms with E-state index in [1.54, 1.807) is 13.2 Å². The molecule has 2 heterocycles. The number of carbonyl (C=O) groups excluding carboxylic acids is 2. The van der Waals surface area contributed by atoms with E-state index in [9.17, 15) is 9.59 Å². The summed E-state index contributed by atoms with van der Waals surface area (Å²) >= 11 is 5.31. The van der Waals surface area contributed by atoms with E-state index in [4.69, 9.17) is 17.0 Å². The van der Waals surface area contributed by atoms with E-state index in [0.717, 1.165) is 18.8 Å². The van der Waals surface area contributed by atoms with E-state index in [-0.39, 0.29) is 22.5 Å². The number of anilines is 1. The van der Waals surface area contributed by atoms with Crippen LogP contribution in [0.25, 0.3) is 6.08 Å². The van der Waals surface area contributed by atoms with Gasteiger partial charge in [0.05, 0.1) is 7.11 Å². The zero-order chi connectivity index (χ0) is 20.3. The number of hydrogen-bond donors (Lipinski definition) is 0. The number of methoxy groups -OCH3 is 1. The van der Waals surface area contributed by atoms with Gasteiger partial charge in [-0.25, -0.2) is 0 Å². The Morgan fingerprint density at radius 2 is 1.64 bits per heavy atom. The van der Waals surface area contributed by atoms with Gasteiger partial charge in [0.25, 0.3) is 11.8 Å². The molecule has 2 fully saturated rings. The van der Waals surface area contributed by atoms with Crippen molar-refractivity contribution in [3.63, 3.8) is 0 Å². The minimum atomic E-state index is -0.357. The van der Waals surface area contributed by atoms with Gasteiger partial charge in [-0.15, -0.1) is 0 Å². The van der Waals surface area contributed by atoms with Crippen LogP contribution in [0.15, 0.2) is 23.8 Å². The van der Waals surface area contributed by atoms with Crippen molar-refractivity contribution in [1.82, 2.24) is 9.80 Å². The molecular weight excluding hydrogens is 374 g/mol. The summed E-state index contributed by atoms with van der Waals surface area (Å²) in [6.45, 7) is 6.61. The van der Waals surface area contributed by atoms with Crippen LogP contribution in [-0.4, -0.2) is 60.0 Å². The Morgan fingerprint density at radius 1 is 1.04 bits per heavy atom. The zero-order valence-corrected chi connectivity index (χ0v) is 17.6. The van der Waals surface area contributed by atoms with Crippen molar-refractivity contribution < 1.29 is 14.3 Å². The molecule has 0 spiro atoms. The Kier molecular flexibility index (Phi) is 6.34. The minimum Gasteiger partial charge on any atom is -0.496 e. The highest BCUT2D eigenvalue weighted by molar-refractivity contribution is 7.80. The van der Waals surface area contributed by atoms with Crippen LogP contribution in [0, 0.1) is 0 Å². The third-order valence-corrected chi connectivity index (χ3v) is 5.72. The van der Waals surface area contributed by atoms with E-state index in [1.165, 1.54) is 29.1 Å². The number of ether oxygens (including phenoxy) is 1. The van der Waals surface area contributed by atoms with E-state index in [0.29, 0.717) is 24.4 Å². The van der Waals surface area contributed by atoms with Gasteiger partial charge < -0.3 is 9.64 Å². The first-order chi connectivity index (χ1) is 13.5. The maximum absolute atomic E-state index is 12.8. The number of nitrogens with zero attached hydrogens (tertiary/aromatic N) is 3. The quantitative estimate of drug-likeness (QED) is 0.431. The summed E-state index contributed by atoms with van der Waals surface area (Å²) in [4.78, 5) is 30.9. The number of hydrogen-bond acceptors (Lipinski definition) is 5. The molecule has 2 aliphatic heterocycles. The maximum atomic E-state index is 12.8. The summed E-state index contributed by atoms with van der Waals surface area (Å²) in [5.41, 5.74) is 1.92. The molecule has 6 nitrogen and oxygen atoms in total. The van der Waals surface area contributed by atoms with E-state index in [1.807, 2.05) is 32.0 Å². The first kappa shape index (κ1) is 20.3. The normalized spacial score (nSPS) is 18.0. The molecule has 1 aromatic carbocycles. The number of carbonyl (C=O) groups is 2. The largest absolute Gasteiger partial charge is 0.496 e. The van der Waals surface area contributed by atoms with Crippen molar-refractivity contribution in [2.24, 2.45) is 0 Å². The molecule has 0 bridgehead atoms. The first-order valence-electron chi connectivity index (χ1n) is 9.84. The Morgan fingerprint density at radius 3 is 2.18 bits per heavy atom. The average molecular weight is 402 g/mol. The van der Waals surface area contributed by atoms with Crippen molar-refractivity contribution in [2.75, 3.05) is 38.2 Å². The monoisotopic (exact) mass is 401 g/mol. The van der Waals surface area contributed by atoms with Crippen LogP contribution in [0.1, 0.15) is 38.7 Å². The number of piperidine rings is 1. The van der Waals surface area contributed by atoms with E-state index < -0.39 is 0 Å². The summed E-state index contributed by atoms with van der Waals surface area (Å²) in [7, 11) is 1.60. The summed E-state index contributed by atoms with van der Waals surface area (Å²) in [5.74, 6) is -0.0656. The molecule has 7 heteroatoms. The Bertz CT molecular complexity index is 787. The topological polar surface area (TPSA) is 53.1 Å². The van der Waals surface area contributed by atoms with Crippen molar-refractivity contribution in [3.8, 4) is 5.75 Å². The highest BCUT2D eigenvalue weighted by atomic mass is 32.1. The lowest BCUT2D eigenvalue weighted by molar-refractivity contribution is -0.133. The highest BCUT2D eigenvalue weighted by Gasteiger charge is 2.38. The Balaban J connectivity index is 1.97. The van der Waals surface area contributed by atoms with E-state index in [2.05, 4.69) is 4.90 Å². The number of benzene rings is 1. The third kappa shape index (κ3) is 3.76. The predicted octanol–water partition coefficient (Wildman–Crippen LogP) is 3.06. The molecule has 0 N–H and O–H groups in total. The molecule has 0 aromatic heterocycles. The van der Waals surface area contributed by atoms with Crippen LogP contribution >= 0.6 is 12.2 Å². The molecule has 2 amide bonds. The van der Waals surface area contributed by atoms with Crippen LogP contribution in [0.2, 0.25) is 0 Å². The fourth-order valence-corrected chi connectivity index (χ4v) is 4.13. The third-order valence-electron chi connectivity index (χ3n) is 5.28. The average Bonchev–Trinajstić information content (AvgIpc) is 2.72. The first-order valence-corrected chi connectivity index (χ1v) is 10.2. The zero-order valence-electron chi connectivity index (χ0n) is 16.7. The maximum Gasteiger partial charge on any atom is 0.265 e. The van der Waals surface area contributed by atoms with Gasteiger partial charge in [0.1, 0.15) is 11.3 Å². The van der Waals surface area contributed by atoms with E-state index >= 15 is 0 Å². The summed E-state index contributed by atoms with van der Waals surface area (Å²) < 4.78 is 5.57. The lowest BCUT2D eigenvalue weighted by Gasteiger charge is -2.35. The molecule has 0 saturated carbocycles. The van der Waals surface area contributed by atoms with Crippen LogP contribution in [0.5, 0.6) is 5.75 Å². The molecular formula is C21H27N3O3S. The van der Waals surface area contributed by atoms with Crippen LogP contribution < -0.4 is 9.64 Å². The second-order valence-electron chi connectivity index (χ2n) is 6.91. The number of rotatable bonds is 5. The standard InChI is InChI=1S/C21H27N3O3S/c1-4-23-19(25)17(20(26)24(5-2)21(23)28)13-15-9-10-16(14-18(15)27-3)22-11-7-6-8-12-22/h9-10,13-14H,4-8,11-12H2,1-3H3. The van der Waals surface area contributed by atoms with Gasteiger partial charge in [0.15, 0.2) is 5.11 Å². The van der Waals surface area contributed by atoms with Gasteiger partial charge in [-0.1, -0.05) is 0 Å². The van der Waals surface area contributed by atoms with Gasteiger partial charge in [-0.05, 0) is 63.5 Å². The van der Waals surface area contributed by atoms with Crippen LogP contribution in [0.3, 0.4) is 0 Å². The smallest absolute Gasteiger partial charge is 0.265 e. The van der Waals surface area contributed by atoms with Crippen molar-refractivity contribution in [3.05, 3.63) is 29.3 Å². The molecule has 0 unspecified atom stereocenters. The fourth-order valence-electron chi connectivity index (χ4n) is 3.71. The number of thiocarbonyl (C=S) groups is 1. The molecule has 28 heavy (non-hydrogen) atoms.